The fourth-order valence-electron chi connectivity index (χ4n) is 3.29. The van der Waals surface area contributed by atoms with Crippen molar-refractivity contribution in [3.05, 3.63) is 60.2 Å². The molecule has 0 aliphatic carbocycles. The van der Waals surface area contributed by atoms with Crippen molar-refractivity contribution in [3.63, 3.8) is 0 Å². The van der Waals surface area contributed by atoms with Crippen LogP contribution in [0.15, 0.2) is 48.9 Å². The predicted octanol–water partition coefficient (Wildman–Crippen LogP) is 3.10. The molecule has 4 rings (SSSR count). The number of aliphatic hydroxyl groups is 1. The minimum atomic E-state index is -4.43. The number of anilines is 1. The molecule has 0 spiro atoms. The maximum atomic E-state index is 12.6. The minimum absolute atomic E-state index is 0.145. The summed E-state index contributed by atoms with van der Waals surface area (Å²) in [6.45, 7) is 0.901. The van der Waals surface area contributed by atoms with Gasteiger partial charge in [0.25, 0.3) is 0 Å². The summed E-state index contributed by atoms with van der Waals surface area (Å²) in [6, 6.07) is 7.52. The molecule has 1 N–H and O–H groups in total. The molecule has 1 aliphatic heterocycles. The highest BCUT2D eigenvalue weighted by atomic mass is 19.4. The minimum Gasteiger partial charge on any atom is -0.472 e. The molecule has 1 fully saturated rings. The molecule has 7 nitrogen and oxygen atoms in total. The van der Waals surface area contributed by atoms with E-state index in [1.807, 2.05) is 11.0 Å². The van der Waals surface area contributed by atoms with Crippen molar-refractivity contribution >= 4 is 5.69 Å². The van der Waals surface area contributed by atoms with Crippen LogP contribution in [0.5, 0.6) is 5.88 Å². The van der Waals surface area contributed by atoms with E-state index < -0.39 is 11.7 Å². The topological polar surface area (TPSA) is 84.3 Å². The van der Waals surface area contributed by atoms with Crippen LogP contribution in [0.3, 0.4) is 0 Å². The third-order valence-electron chi connectivity index (χ3n) is 4.73. The Morgan fingerprint density at radius 2 is 1.90 bits per heavy atom. The zero-order chi connectivity index (χ0) is 21.1. The molecule has 1 aliphatic rings. The predicted molar refractivity (Wildman–Crippen MR) is 102 cm³/mol. The molecule has 3 aromatic heterocycles. The number of hydrogen-bond donors (Lipinski definition) is 1. The zero-order valence-corrected chi connectivity index (χ0v) is 15.8. The highest BCUT2D eigenvalue weighted by molar-refractivity contribution is 5.59. The summed E-state index contributed by atoms with van der Waals surface area (Å²) in [4.78, 5) is 18.6. The molecule has 0 aromatic carbocycles. The number of aromatic nitrogens is 4. The Hall–Kier alpha value is -3.27. The van der Waals surface area contributed by atoms with Gasteiger partial charge in [0.15, 0.2) is 5.82 Å². The van der Waals surface area contributed by atoms with Gasteiger partial charge in [0.2, 0.25) is 5.88 Å². The van der Waals surface area contributed by atoms with Crippen LogP contribution in [0, 0.1) is 0 Å². The molecule has 156 valence electrons. The number of rotatable bonds is 5. The molecule has 0 radical (unpaired) electrons. The van der Waals surface area contributed by atoms with Crippen LogP contribution >= 0.6 is 0 Å². The lowest BCUT2D eigenvalue weighted by atomic mass is 10.2. The molecular formula is C20H18F3N5O2. The highest BCUT2D eigenvalue weighted by Crippen LogP contribution is 2.30. The monoisotopic (exact) mass is 417 g/mol. The Morgan fingerprint density at radius 3 is 2.57 bits per heavy atom. The zero-order valence-electron chi connectivity index (χ0n) is 15.8. The first-order valence-electron chi connectivity index (χ1n) is 9.27. The summed E-state index contributed by atoms with van der Waals surface area (Å²) in [5.41, 5.74) is 1.00. The van der Waals surface area contributed by atoms with E-state index in [1.54, 1.807) is 24.5 Å². The van der Waals surface area contributed by atoms with Gasteiger partial charge in [0.1, 0.15) is 11.8 Å². The lowest BCUT2D eigenvalue weighted by Gasteiger charge is -2.21. The maximum Gasteiger partial charge on any atom is 0.417 e. The number of ether oxygens (including phenoxy) is 1. The molecule has 30 heavy (non-hydrogen) atoms. The highest BCUT2D eigenvalue weighted by Gasteiger charge is 2.31. The smallest absolute Gasteiger partial charge is 0.417 e. The standard InChI is InChI=1S/C20H18F3N5O2/c21-20(22,23)13-2-5-18(26-10-13)30-14-6-9-28(11-14)17-4-3-15(27-16(17)12-29)19-24-7-1-8-25-19/h1-5,7-8,10,14,29H,6,9,11-12H2. The Kier molecular flexibility index (Phi) is 5.49. The molecular weight excluding hydrogens is 399 g/mol. The maximum absolute atomic E-state index is 12.6. The average molecular weight is 417 g/mol. The summed E-state index contributed by atoms with van der Waals surface area (Å²) in [7, 11) is 0. The normalized spacial score (nSPS) is 16.7. The Morgan fingerprint density at radius 1 is 1.10 bits per heavy atom. The van der Waals surface area contributed by atoms with Crippen molar-refractivity contribution in [1.29, 1.82) is 0 Å². The summed E-state index contributed by atoms with van der Waals surface area (Å²) in [5, 5.41) is 9.78. The van der Waals surface area contributed by atoms with Crippen LogP contribution in [0.2, 0.25) is 0 Å². The third-order valence-corrected chi connectivity index (χ3v) is 4.73. The number of halogens is 3. The van der Waals surface area contributed by atoms with Crippen molar-refractivity contribution in [3.8, 4) is 17.4 Å². The molecule has 10 heteroatoms. The second-order valence-electron chi connectivity index (χ2n) is 6.75. The number of aliphatic hydroxyl groups excluding tert-OH is 1. The van der Waals surface area contributed by atoms with Gasteiger partial charge in [-0.2, -0.15) is 13.2 Å². The molecule has 1 atom stereocenters. The Balaban J connectivity index is 1.45. The van der Waals surface area contributed by atoms with Crippen LogP contribution in [0.25, 0.3) is 11.5 Å². The molecule has 1 saturated heterocycles. The van der Waals surface area contributed by atoms with Gasteiger partial charge in [-0.25, -0.2) is 19.9 Å². The van der Waals surface area contributed by atoms with Gasteiger partial charge in [-0.05, 0) is 24.3 Å². The van der Waals surface area contributed by atoms with Gasteiger partial charge in [0, 0.05) is 37.6 Å². The third kappa shape index (κ3) is 4.33. The molecule has 1 unspecified atom stereocenters. The molecule has 3 aromatic rings. The van der Waals surface area contributed by atoms with Crippen LogP contribution in [-0.4, -0.2) is 44.2 Å². The van der Waals surface area contributed by atoms with Gasteiger partial charge in [0.05, 0.1) is 30.1 Å². The summed E-state index contributed by atoms with van der Waals surface area (Å²) < 4.78 is 43.7. The van der Waals surface area contributed by atoms with E-state index in [-0.39, 0.29) is 18.6 Å². The van der Waals surface area contributed by atoms with Crippen LogP contribution < -0.4 is 9.64 Å². The van der Waals surface area contributed by atoms with Crippen molar-refractivity contribution < 1.29 is 23.0 Å². The largest absolute Gasteiger partial charge is 0.472 e. The lowest BCUT2D eigenvalue weighted by molar-refractivity contribution is -0.137. The van der Waals surface area contributed by atoms with Gasteiger partial charge >= 0.3 is 6.18 Å². The number of nitrogens with zero attached hydrogens (tertiary/aromatic N) is 5. The second-order valence-corrected chi connectivity index (χ2v) is 6.75. The fraction of sp³-hybridized carbons (Fsp3) is 0.300. The van der Waals surface area contributed by atoms with E-state index in [0.717, 1.165) is 18.0 Å². The van der Waals surface area contributed by atoms with Crippen molar-refractivity contribution in [2.45, 2.75) is 25.3 Å². The van der Waals surface area contributed by atoms with Crippen LogP contribution in [-0.2, 0) is 12.8 Å². The van der Waals surface area contributed by atoms with Gasteiger partial charge in [-0.3, -0.25) is 0 Å². The van der Waals surface area contributed by atoms with Crippen LogP contribution in [0.1, 0.15) is 17.7 Å². The van der Waals surface area contributed by atoms with E-state index in [2.05, 4.69) is 19.9 Å². The van der Waals surface area contributed by atoms with Gasteiger partial charge in [-0.1, -0.05) is 0 Å². The SMILES string of the molecule is OCc1nc(-c2ncccn2)ccc1N1CCC(Oc2ccc(C(F)(F)F)cn2)C1. The summed E-state index contributed by atoms with van der Waals surface area (Å²) in [6.07, 6.45) is -0.00180. The first-order chi connectivity index (χ1) is 14.4. The van der Waals surface area contributed by atoms with Crippen LogP contribution in [0.4, 0.5) is 18.9 Å². The number of pyridine rings is 2. The number of hydrogen-bond acceptors (Lipinski definition) is 7. The van der Waals surface area contributed by atoms with E-state index in [4.69, 9.17) is 4.74 Å². The summed E-state index contributed by atoms with van der Waals surface area (Å²) in [5.74, 6) is 0.613. The van der Waals surface area contributed by atoms with E-state index in [0.29, 0.717) is 36.7 Å². The summed E-state index contributed by atoms with van der Waals surface area (Å²) >= 11 is 0. The Bertz CT molecular complexity index is 1000. The van der Waals surface area contributed by atoms with Gasteiger partial charge < -0.3 is 14.7 Å². The molecule has 0 bridgehead atoms. The van der Waals surface area contributed by atoms with E-state index in [1.165, 1.54) is 6.07 Å². The van der Waals surface area contributed by atoms with E-state index >= 15 is 0 Å². The lowest BCUT2D eigenvalue weighted by Crippen LogP contribution is -2.26. The molecule has 4 heterocycles. The van der Waals surface area contributed by atoms with Crippen molar-refractivity contribution in [1.82, 2.24) is 19.9 Å². The molecule has 0 saturated carbocycles. The average Bonchev–Trinajstić information content (AvgIpc) is 3.22. The number of alkyl halides is 3. The fourth-order valence-corrected chi connectivity index (χ4v) is 3.29. The van der Waals surface area contributed by atoms with E-state index in [9.17, 15) is 18.3 Å². The van der Waals surface area contributed by atoms with Crippen molar-refractivity contribution in [2.24, 2.45) is 0 Å². The van der Waals surface area contributed by atoms with Crippen molar-refractivity contribution in [2.75, 3.05) is 18.0 Å². The Labute approximate surface area is 170 Å². The first-order valence-corrected chi connectivity index (χ1v) is 9.27. The quantitative estimate of drug-likeness (QED) is 0.683. The molecule has 0 amide bonds. The first kappa shape index (κ1) is 20.0. The second kappa shape index (κ2) is 8.23. The van der Waals surface area contributed by atoms with Gasteiger partial charge in [-0.15, -0.1) is 0 Å².